The molecule has 0 bridgehead atoms. The van der Waals surface area contributed by atoms with E-state index in [1.165, 1.54) is 5.56 Å². The molecule has 2 aromatic heterocycles. The van der Waals surface area contributed by atoms with Crippen LogP contribution in [0, 0.1) is 0 Å². The van der Waals surface area contributed by atoms with Gasteiger partial charge in [-0.1, -0.05) is 59.8 Å². The van der Waals surface area contributed by atoms with E-state index in [0.717, 1.165) is 37.0 Å². The third kappa shape index (κ3) is 4.22. The van der Waals surface area contributed by atoms with Gasteiger partial charge in [-0.2, -0.15) is 4.57 Å². The van der Waals surface area contributed by atoms with Crippen LogP contribution in [0.25, 0.3) is 11.1 Å². The van der Waals surface area contributed by atoms with Crippen molar-refractivity contribution in [1.82, 2.24) is 4.57 Å². The summed E-state index contributed by atoms with van der Waals surface area (Å²) in [7, 11) is 1.98. The van der Waals surface area contributed by atoms with Gasteiger partial charge in [0.15, 0.2) is 12.7 Å². The minimum atomic E-state index is 0.0371. The van der Waals surface area contributed by atoms with Gasteiger partial charge in [0.2, 0.25) is 5.69 Å². The number of thiazole rings is 1. The van der Waals surface area contributed by atoms with Crippen LogP contribution in [0.1, 0.15) is 31.1 Å². The van der Waals surface area contributed by atoms with Gasteiger partial charge in [-0.15, -0.1) is 11.3 Å². The van der Waals surface area contributed by atoms with Gasteiger partial charge in [-0.3, -0.25) is 9.36 Å². The van der Waals surface area contributed by atoms with Crippen molar-refractivity contribution in [2.24, 2.45) is 0 Å². The SMILES string of the molecule is CC(C)n1c(=Cc2cccc[n+]2Cc2ccccc2)sc(=C2Sc3cccc(Cl)c3N2C)c1=O. The Kier molecular flexibility index (Phi) is 6.38. The molecule has 0 spiro atoms. The lowest BCUT2D eigenvalue weighted by atomic mass is 10.2. The second-order valence-corrected chi connectivity index (χ2v) is 10.9. The average Bonchev–Trinajstić information content (AvgIpc) is 3.33. The first-order valence-corrected chi connectivity index (χ1v) is 13.1. The van der Waals surface area contributed by atoms with Crippen LogP contribution in [0.4, 0.5) is 5.69 Å². The minimum Gasteiger partial charge on any atom is -0.336 e. The van der Waals surface area contributed by atoms with Crippen molar-refractivity contribution in [2.45, 2.75) is 31.3 Å². The fourth-order valence-electron chi connectivity index (χ4n) is 4.18. The van der Waals surface area contributed by atoms with Crippen LogP contribution >= 0.6 is 34.7 Å². The summed E-state index contributed by atoms with van der Waals surface area (Å²) < 4.78 is 5.78. The highest BCUT2D eigenvalue weighted by Gasteiger charge is 2.27. The average molecular weight is 507 g/mol. The summed E-state index contributed by atoms with van der Waals surface area (Å²) in [6.07, 6.45) is 4.21. The molecule has 34 heavy (non-hydrogen) atoms. The lowest BCUT2D eigenvalue weighted by Gasteiger charge is -2.13. The van der Waals surface area contributed by atoms with E-state index in [9.17, 15) is 4.79 Å². The van der Waals surface area contributed by atoms with E-state index in [1.807, 2.05) is 52.9 Å². The molecule has 172 valence electrons. The van der Waals surface area contributed by atoms with E-state index in [-0.39, 0.29) is 11.6 Å². The summed E-state index contributed by atoms with van der Waals surface area (Å²) in [5, 5.41) is 1.62. The predicted octanol–water partition coefficient (Wildman–Crippen LogP) is 4.62. The van der Waals surface area contributed by atoms with Crippen LogP contribution in [-0.4, -0.2) is 11.6 Å². The van der Waals surface area contributed by atoms with E-state index < -0.39 is 0 Å². The van der Waals surface area contributed by atoms with Crippen molar-refractivity contribution in [3.63, 3.8) is 0 Å². The van der Waals surface area contributed by atoms with Crippen LogP contribution < -0.4 is 24.2 Å². The molecule has 2 aromatic carbocycles. The summed E-state index contributed by atoms with van der Waals surface area (Å²) in [5.74, 6) is 0. The fraction of sp³-hybridized carbons (Fsp3) is 0.185. The maximum Gasteiger partial charge on any atom is 0.271 e. The van der Waals surface area contributed by atoms with E-state index >= 15 is 0 Å². The molecule has 0 saturated heterocycles. The van der Waals surface area contributed by atoms with Crippen LogP contribution in [-0.2, 0) is 6.54 Å². The molecule has 1 aliphatic rings. The maximum absolute atomic E-state index is 13.6. The van der Waals surface area contributed by atoms with Crippen LogP contribution in [0.2, 0.25) is 5.02 Å². The zero-order valence-electron chi connectivity index (χ0n) is 19.2. The maximum atomic E-state index is 13.6. The lowest BCUT2D eigenvalue weighted by molar-refractivity contribution is -0.690. The molecule has 0 N–H and O–H groups in total. The number of thioether (sulfide) groups is 1. The molecule has 4 nitrogen and oxygen atoms in total. The summed E-state index contributed by atoms with van der Waals surface area (Å²) in [4.78, 5) is 16.7. The molecular weight excluding hydrogens is 482 g/mol. The lowest BCUT2D eigenvalue weighted by Crippen LogP contribution is -2.38. The van der Waals surface area contributed by atoms with Crippen LogP contribution in [0.15, 0.2) is 82.6 Å². The zero-order valence-corrected chi connectivity index (χ0v) is 21.6. The summed E-state index contributed by atoms with van der Waals surface area (Å²) in [6.45, 7) is 4.88. The third-order valence-corrected chi connectivity index (χ3v) is 8.56. The molecule has 4 aromatic rings. The van der Waals surface area contributed by atoms with Gasteiger partial charge >= 0.3 is 0 Å². The van der Waals surface area contributed by atoms with E-state index in [0.29, 0.717) is 5.02 Å². The second kappa shape index (κ2) is 9.45. The third-order valence-electron chi connectivity index (χ3n) is 5.81. The molecule has 0 amide bonds. The van der Waals surface area contributed by atoms with Gasteiger partial charge in [0.05, 0.1) is 10.7 Å². The second-order valence-electron chi connectivity index (χ2n) is 8.47. The fourth-order valence-corrected chi connectivity index (χ4v) is 7.08. The number of hydrogen-bond donors (Lipinski definition) is 0. The largest absolute Gasteiger partial charge is 0.336 e. The Morgan fingerprint density at radius 2 is 1.79 bits per heavy atom. The number of para-hydroxylation sites is 1. The number of halogens is 1. The Bertz CT molecular complexity index is 1540. The monoisotopic (exact) mass is 506 g/mol. The highest BCUT2D eigenvalue weighted by molar-refractivity contribution is 8.08. The molecule has 3 heterocycles. The Balaban J connectivity index is 1.67. The number of rotatable bonds is 4. The quantitative estimate of drug-likeness (QED) is 0.378. The van der Waals surface area contributed by atoms with Gasteiger partial charge in [-0.25, -0.2) is 0 Å². The van der Waals surface area contributed by atoms with Crippen LogP contribution in [0.3, 0.4) is 0 Å². The van der Waals surface area contributed by atoms with Crippen molar-refractivity contribution in [3.8, 4) is 0 Å². The molecule has 1 aliphatic heterocycles. The summed E-state index contributed by atoms with van der Waals surface area (Å²) >= 11 is 9.63. The number of benzene rings is 2. The first-order valence-electron chi connectivity index (χ1n) is 11.1. The summed E-state index contributed by atoms with van der Waals surface area (Å²) in [6, 6.07) is 22.5. The normalized spacial score (nSPS) is 15.3. The number of aromatic nitrogens is 2. The molecule has 0 fully saturated rings. The topological polar surface area (TPSA) is 29.1 Å². The van der Waals surface area contributed by atoms with Crippen LogP contribution in [0.5, 0.6) is 0 Å². The highest BCUT2D eigenvalue weighted by Crippen LogP contribution is 2.48. The van der Waals surface area contributed by atoms with Crippen molar-refractivity contribution < 1.29 is 4.57 Å². The number of fused-ring (bicyclic) bond motifs is 1. The minimum absolute atomic E-state index is 0.0371. The van der Waals surface area contributed by atoms with E-state index in [4.69, 9.17) is 11.6 Å². The van der Waals surface area contributed by atoms with Crippen molar-refractivity contribution in [2.75, 3.05) is 11.9 Å². The smallest absolute Gasteiger partial charge is 0.271 e. The molecule has 0 atom stereocenters. The predicted molar refractivity (Wildman–Crippen MR) is 143 cm³/mol. The first-order chi connectivity index (χ1) is 16.4. The Hall–Kier alpha value is -2.80. The molecule has 7 heteroatoms. The van der Waals surface area contributed by atoms with Crippen molar-refractivity contribution in [1.29, 1.82) is 0 Å². The van der Waals surface area contributed by atoms with Crippen molar-refractivity contribution in [3.05, 3.63) is 109 Å². The Morgan fingerprint density at radius 3 is 2.53 bits per heavy atom. The molecular formula is C27H25ClN3OS2+. The van der Waals surface area contributed by atoms with Gasteiger partial charge in [0.1, 0.15) is 14.2 Å². The highest BCUT2D eigenvalue weighted by atomic mass is 35.5. The zero-order chi connectivity index (χ0) is 23.8. The number of nitrogens with zero attached hydrogens (tertiary/aromatic N) is 3. The van der Waals surface area contributed by atoms with Gasteiger partial charge < -0.3 is 4.90 Å². The molecule has 0 unspecified atom stereocenters. The number of anilines is 1. The number of hydrogen-bond acceptors (Lipinski definition) is 4. The van der Waals surface area contributed by atoms with E-state index in [1.54, 1.807) is 23.1 Å². The summed E-state index contributed by atoms with van der Waals surface area (Å²) in [5.41, 5.74) is 3.28. The molecule has 0 saturated carbocycles. The van der Waals surface area contributed by atoms with Gasteiger partial charge in [0.25, 0.3) is 5.56 Å². The number of pyridine rings is 1. The first kappa shape index (κ1) is 23.0. The molecule has 0 aliphatic carbocycles. The van der Waals surface area contributed by atoms with Gasteiger partial charge in [-0.05, 0) is 32.0 Å². The standard InChI is InChI=1S/C27H25ClN3OS2/c1-18(2)31-23(16-20-12-7-8-15-30(20)17-19-10-5-4-6-11-19)34-25(26(31)32)27-29(3)24-21(28)13-9-14-22(24)33-27/h4-16,18H,17H2,1-3H3/q+1. The van der Waals surface area contributed by atoms with Gasteiger partial charge in [0, 0.05) is 41.8 Å². The Labute approximate surface area is 212 Å². The molecule has 0 radical (unpaired) electrons. The van der Waals surface area contributed by atoms with Crippen molar-refractivity contribution >= 4 is 51.5 Å². The molecule has 5 rings (SSSR count). The Morgan fingerprint density at radius 1 is 1.03 bits per heavy atom. The van der Waals surface area contributed by atoms with E-state index in [2.05, 4.69) is 61.0 Å².